The minimum atomic E-state index is -0.343. The Kier molecular flexibility index (Phi) is 4.40. The molecule has 148 valence electrons. The van der Waals surface area contributed by atoms with Gasteiger partial charge in [-0.3, -0.25) is 14.4 Å². The predicted octanol–water partition coefficient (Wildman–Crippen LogP) is 4.27. The summed E-state index contributed by atoms with van der Waals surface area (Å²) < 4.78 is 5.72. The summed E-state index contributed by atoms with van der Waals surface area (Å²) in [4.78, 5) is 36.3. The van der Waals surface area contributed by atoms with Crippen LogP contribution in [-0.2, 0) is 19.1 Å². The third-order valence-corrected chi connectivity index (χ3v) is 8.84. The van der Waals surface area contributed by atoms with E-state index in [0.29, 0.717) is 30.0 Å². The molecule has 3 saturated carbocycles. The van der Waals surface area contributed by atoms with Crippen LogP contribution in [0.25, 0.3) is 0 Å². The van der Waals surface area contributed by atoms with Crippen LogP contribution in [0.1, 0.15) is 72.6 Å². The normalized spacial score (nSPS) is 46.0. The molecular weight excluding hydrogens is 340 g/mol. The van der Waals surface area contributed by atoms with Gasteiger partial charge in [0.05, 0.1) is 0 Å². The van der Waals surface area contributed by atoms with Crippen molar-refractivity contribution in [2.45, 2.75) is 78.7 Å². The van der Waals surface area contributed by atoms with Gasteiger partial charge in [0.25, 0.3) is 0 Å². The van der Waals surface area contributed by atoms with E-state index < -0.39 is 0 Å². The summed E-state index contributed by atoms with van der Waals surface area (Å²) in [7, 11) is 0. The highest BCUT2D eigenvalue weighted by atomic mass is 16.5. The monoisotopic (exact) mass is 372 g/mol. The fourth-order valence-electron chi connectivity index (χ4n) is 7.62. The highest BCUT2D eigenvalue weighted by Crippen LogP contribution is 2.66. The van der Waals surface area contributed by atoms with Crippen molar-refractivity contribution in [3.05, 3.63) is 11.6 Å². The van der Waals surface area contributed by atoms with Crippen molar-refractivity contribution in [2.24, 2.45) is 34.5 Å². The Balaban J connectivity index is 1.70. The second kappa shape index (κ2) is 6.28. The number of ether oxygens (including phenoxy) is 1. The van der Waals surface area contributed by atoms with E-state index in [0.717, 1.165) is 38.5 Å². The molecule has 4 nitrogen and oxygen atoms in total. The van der Waals surface area contributed by atoms with E-state index in [-0.39, 0.29) is 34.6 Å². The number of hydrogen-bond acceptors (Lipinski definition) is 4. The molecule has 7 atom stereocenters. The average Bonchev–Trinajstić information content (AvgIpc) is 2.93. The van der Waals surface area contributed by atoms with Crippen molar-refractivity contribution in [1.82, 2.24) is 0 Å². The van der Waals surface area contributed by atoms with Crippen LogP contribution < -0.4 is 0 Å². The van der Waals surface area contributed by atoms with Gasteiger partial charge in [-0.15, -0.1) is 0 Å². The smallest absolute Gasteiger partial charge is 0.302 e. The van der Waals surface area contributed by atoms with Gasteiger partial charge >= 0.3 is 5.97 Å². The van der Waals surface area contributed by atoms with Gasteiger partial charge in [-0.25, -0.2) is 0 Å². The number of esters is 1. The quantitative estimate of drug-likeness (QED) is 0.679. The summed E-state index contributed by atoms with van der Waals surface area (Å²) >= 11 is 0. The summed E-state index contributed by atoms with van der Waals surface area (Å²) in [6, 6.07) is 0. The van der Waals surface area contributed by atoms with E-state index in [1.807, 2.05) is 6.08 Å². The third-order valence-electron chi connectivity index (χ3n) is 8.84. The number of carbonyl (C=O) groups is 3. The van der Waals surface area contributed by atoms with Gasteiger partial charge in [0.1, 0.15) is 11.9 Å². The summed E-state index contributed by atoms with van der Waals surface area (Å²) in [5.41, 5.74) is 1.07. The van der Waals surface area contributed by atoms with E-state index in [1.165, 1.54) is 12.5 Å². The first-order chi connectivity index (χ1) is 12.7. The van der Waals surface area contributed by atoms with Crippen LogP contribution >= 0.6 is 0 Å². The minimum absolute atomic E-state index is 0.0883. The Labute approximate surface area is 162 Å². The molecule has 0 spiro atoms. The van der Waals surface area contributed by atoms with E-state index in [1.54, 1.807) is 6.92 Å². The molecule has 4 aliphatic rings. The van der Waals surface area contributed by atoms with E-state index in [4.69, 9.17) is 4.74 Å². The van der Waals surface area contributed by atoms with Crippen LogP contribution in [0.2, 0.25) is 0 Å². The molecule has 4 heteroatoms. The number of fused-ring (bicyclic) bond motifs is 5. The number of ketones is 2. The molecule has 0 N–H and O–H groups in total. The minimum Gasteiger partial charge on any atom is -0.461 e. The van der Waals surface area contributed by atoms with Gasteiger partial charge in [0, 0.05) is 24.7 Å². The summed E-state index contributed by atoms with van der Waals surface area (Å²) in [6.45, 7) is 7.78. The molecule has 1 unspecified atom stereocenters. The van der Waals surface area contributed by atoms with Gasteiger partial charge < -0.3 is 4.74 Å². The first-order valence-corrected chi connectivity index (χ1v) is 10.6. The van der Waals surface area contributed by atoms with Crippen LogP contribution in [0, 0.1) is 34.5 Å². The zero-order valence-corrected chi connectivity index (χ0v) is 17.0. The van der Waals surface area contributed by atoms with Crippen molar-refractivity contribution in [3.8, 4) is 0 Å². The molecule has 27 heavy (non-hydrogen) atoms. The molecule has 0 aromatic rings. The Hall–Kier alpha value is -1.45. The number of Topliss-reactive ketones (excluding diaryl/α,β-unsaturated/α-hetero) is 1. The third kappa shape index (κ3) is 2.66. The zero-order valence-electron chi connectivity index (χ0n) is 17.0. The predicted molar refractivity (Wildman–Crippen MR) is 102 cm³/mol. The van der Waals surface area contributed by atoms with Gasteiger partial charge in [0.2, 0.25) is 0 Å². The van der Waals surface area contributed by atoms with Crippen molar-refractivity contribution in [1.29, 1.82) is 0 Å². The first kappa shape index (κ1) is 18.9. The summed E-state index contributed by atoms with van der Waals surface area (Å²) in [6.07, 6.45) is 8.09. The van der Waals surface area contributed by atoms with Crippen LogP contribution in [0.3, 0.4) is 0 Å². The molecule has 0 bridgehead atoms. The Morgan fingerprint density at radius 2 is 1.81 bits per heavy atom. The lowest BCUT2D eigenvalue weighted by Gasteiger charge is -2.59. The van der Waals surface area contributed by atoms with Gasteiger partial charge in [-0.2, -0.15) is 0 Å². The van der Waals surface area contributed by atoms with E-state index in [9.17, 15) is 14.4 Å². The van der Waals surface area contributed by atoms with Crippen LogP contribution in [0.4, 0.5) is 0 Å². The lowest BCUT2D eigenvalue weighted by molar-refractivity contribution is -0.164. The number of carbonyl (C=O) groups excluding carboxylic acids is 3. The highest BCUT2D eigenvalue weighted by Gasteiger charge is 2.62. The van der Waals surface area contributed by atoms with E-state index >= 15 is 0 Å². The maximum atomic E-state index is 12.3. The maximum absolute atomic E-state index is 12.3. The fraction of sp³-hybridized carbons (Fsp3) is 0.783. The molecule has 0 heterocycles. The Morgan fingerprint density at radius 3 is 2.48 bits per heavy atom. The molecule has 0 aliphatic heterocycles. The second-order valence-corrected chi connectivity index (χ2v) is 9.92. The van der Waals surface area contributed by atoms with Crippen molar-refractivity contribution in [2.75, 3.05) is 0 Å². The largest absolute Gasteiger partial charge is 0.461 e. The molecule has 4 aliphatic carbocycles. The highest BCUT2D eigenvalue weighted by molar-refractivity contribution is 5.92. The van der Waals surface area contributed by atoms with Crippen LogP contribution in [0.15, 0.2) is 11.6 Å². The maximum Gasteiger partial charge on any atom is 0.302 e. The van der Waals surface area contributed by atoms with Crippen molar-refractivity contribution >= 4 is 17.5 Å². The van der Waals surface area contributed by atoms with Crippen molar-refractivity contribution in [3.63, 3.8) is 0 Å². The molecule has 0 amide bonds. The fourth-order valence-corrected chi connectivity index (χ4v) is 7.62. The van der Waals surface area contributed by atoms with Crippen LogP contribution in [0.5, 0.6) is 0 Å². The van der Waals surface area contributed by atoms with Crippen molar-refractivity contribution < 1.29 is 19.1 Å². The standard InChI is InChI=1S/C23H32O4/c1-13(24)18-7-8-19-17-6-5-15-11-16(26)12-21(27-14(2)25)23(15,4)20(17)9-10-22(18,19)3/h11,17-21H,5-10,12H2,1-4H3/t17-,18+,19-,20-,21?,22+,23-/m0/s1. The molecule has 0 saturated heterocycles. The molecule has 3 fully saturated rings. The molecule has 4 rings (SSSR count). The number of hydrogen-bond donors (Lipinski definition) is 0. The second-order valence-electron chi connectivity index (χ2n) is 9.92. The van der Waals surface area contributed by atoms with Crippen LogP contribution in [-0.4, -0.2) is 23.6 Å². The topological polar surface area (TPSA) is 60.4 Å². The van der Waals surface area contributed by atoms with Gasteiger partial charge in [0.15, 0.2) is 5.78 Å². The molecule has 0 aromatic carbocycles. The van der Waals surface area contributed by atoms with Gasteiger partial charge in [-0.05, 0) is 74.7 Å². The Bertz CT molecular complexity index is 722. The zero-order chi connectivity index (χ0) is 19.6. The Morgan fingerprint density at radius 1 is 1.07 bits per heavy atom. The number of rotatable bonds is 2. The first-order valence-electron chi connectivity index (χ1n) is 10.6. The van der Waals surface area contributed by atoms with E-state index in [2.05, 4.69) is 13.8 Å². The molecule has 0 aromatic heterocycles. The lowest BCUT2D eigenvalue weighted by Crippen LogP contribution is -2.56. The molecule has 0 radical (unpaired) electrons. The molecular formula is C23H32O4. The average molecular weight is 373 g/mol. The van der Waals surface area contributed by atoms with Gasteiger partial charge in [-0.1, -0.05) is 19.4 Å². The summed E-state index contributed by atoms with van der Waals surface area (Å²) in [5, 5.41) is 0. The SMILES string of the molecule is CC(=O)OC1CC(=O)C=C2CC[C@H]3[C@@H]4CC[C@H](C(C)=O)[C@@]4(C)CC[C@@H]3[C@]21C. The summed E-state index contributed by atoms with van der Waals surface area (Å²) in [5.74, 6) is 1.90. The lowest BCUT2D eigenvalue weighted by atomic mass is 9.46.